The van der Waals surface area contributed by atoms with Gasteiger partial charge in [-0.1, -0.05) is 0 Å². The number of rotatable bonds is 3. The van der Waals surface area contributed by atoms with Gasteiger partial charge < -0.3 is 14.7 Å². The lowest BCUT2D eigenvalue weighted by Gasteiger charge is -2.35. The lowest BCUT2D eigenvalue weighted by molar-refractivity contribution is 0.0746. The second-order valence-corrected chi connectivity index (χ2v) is 7.73. The fourth-order valence-electron chi connectivity index (χ4n) is 3.24. The van der Waals surface area contributed by atoms with Crippen LogP contribution in [0, 0.1) is 6.92 Å². The van der Waals surface area contributed by atoms with Crippen molar-refractivity contribution in [2.75, 3.05) is 50.1 Å². The molecule has 3 heterocycles. The minimum atomic E-state index is 0.0813. The van der Waals surface area contributed by atoms with Gasteiger partial charge in [0.1, 0.15) is 17.5 Å². The summed E-state index contributed by atoms with van der Waals surface area (Å²) < 4.78 is 1.05. The van der Waals surface area contributed by atoms with E-state index in [-0.39, 0.29) is 5.91 Å². The number of nitrogens with zero attached hydrogens (tertiary/aromatic N) is 6. The van der Waals surface area contributed by atoms with Crippen LogP contribution < -0.4 is 9.80 Å². The van der Waals surface area contributed by atoms with Crippen molar-refractivity contribution in [3.8, 4) is 0 Å². The van der Waals surface area contributed by atoms with Gasteiger partial charge in [-0.05, 0) is 25.1 Å². The molecule has 0 atom stereocenters. The molecule has 7 nitrogen and oxygen atoms in total. The quantitative estimate of drug-likeness (QED) is 0.693. The molecular weight excluding hydrogens is 360 g/mol. The third-order valence-corrected chi connectivity index (χ3v) is 5.53. The molecule has 0 radical (unpaired) electrons. The number of carbonyl (C=O) groups is 1. The number of carbonyl (C=O) groups excluding carboxylic acids is 1. The van der Waals surface area contributed by atoms with Crippen LogP contribution in [0.25, 0.3) is 10.2 Å². The average molecular weight is 382 g/mol. The van der Waals surface area contributed by atoms with Crippen LogP contribution in [0.2, 0.25) is 0 Å². The van der Waals surface area contributed by atoms with Gasteiger partial charge in [0.25, 0.3) is 5.91 Å². The van der Waals surface area contributed by atoms with Crippen LogP contribution in [0.3, 0.4) is 0 Å². The van der Waals surface area contributed by atoms with E-state index in [4.69, 9.17) is 0 Å². The van der Waals surface area contributed by atoms with E-state index < -0.39 is 0 Å². The predicted octanol–water partition coefficient (Wildman–Crippen LogP) is 2.42. The minimum Gasteiger partial charge on any atom is -0.363 e. The lowest BCUT2D eigenvalue weighted by atomic mass is 10.1. The van der Waals surface area contributed by atoms with Crippen LogP contribution in [0.4, 0.5) is 11.6 Å². The number of aromatic nitrogens is 3. The Morgan fingerprint density at radius 1 is 1.11 bits per heavy atom. The smallest absolute Gasteiger partial charge is 0.254 e. The molecular formula is C19H22N6OS. The topological polar surface area (TPSA) is 65.5 Å². The third kappa shape index (κ3) is 3.57. The summed E-state index contributed by atoms with van der Waals surface area (Å²) in [5.41, 5.74) is 3.48. The van der Waals surface area contributed by atoms with E-state index in [9.17, 15) is 4.79 Å². The molecule has 2 aromatic heterocycles. The number of piperazine rings is 1. The number of fused-ring (bicyclic) bond motifs is 1. The first-order valence-electron chi connectivity index (χ1n) is 8.92. The number of aryl methyl sites for hydroxylation is 1. The van der Waals surface area contributed by atoms with Gasteiger partial charge in [0, 0.05) is 51.9 Å². The normalized spacial score (nSPS) is 14.6. The SMILES string of the molecule is Cc1nc(N(C)C)cc(N2CCN(C(=O)c3ccc4ncsc4c3)CC2)n1. The summed E-state index contributed by atoms with van der Waals surface area (Å²) >= 11 is 1.56. The molecule has 0 N–H and O–H groups in total. The Morgan fingerprint density at radius 3 is 2.63 bits per heavy atom. The van der Waals surface area contributed by atoms with E-state index in [1.807, 2.05) is 60.6 Å². The van der Waals surface area contributed by atoms with Crippen LogP contribution in [0.5, 0.6) is 0 Å². The van der Waals surface area contributed by atoms with Gasteiger partial charge in [-0.15, -0.1) is 11.3 Å². The van der Waals surface area contributed by atoms with Gasteiger partial charge in [0.2, 0.25) is 0 Å². The summed E-state index contributed by atoms with van der Waals surface area (Å²) in [6.45, 7) is 4.79. The summed E-state index contributed by atoms with van der Waals surface area (Å²) in [5, 5.41) is 0. The van der Waals surface area contributed by atoms with Crippen molar-refractivity contribution < 1.29 is 4.79 Å². The fourth-order valence-corrected chi connectivity index (χ4v) is 3.95. The van der Waals surface area contributed by atoms with Crippen molar-refractivity contribution in [1.29, 1.82) is 0 Å². The molecule has 0 unspecified atom stereocenters. The first kappa shape index (κ1) is 17.7. The van der Waals surface area contributed by atoms with Crippen LogP contribution in [-0.4, -0.2) is 66.0 Å². The molecule has 0 bridgehead atoms. The molecule has 1 amide bonds. The molecule has 4 rings (SSSR count). The molecule has 3 aromatic rings. The monoisotopic (exact) mass is 382 g/mol. The highest BCUT2D eigenvalue weighted by Gasteiger charge is 2.23. The Hall–Kier alpha value is -2.74. The summed E-state index contributed by atoms with van der Waals surface area (Å²) in [4.78, 5) is 32.3. The molecule has 140 valence electrons. The van der Waals surface area contributed by atoms with Crippen molar-refractivity contribution in [3.05, 3.63) is 41.2 Å². The standard InChI is InChI=1S/C19H22N6OS/c1-13-21-17(23(2)3)11-18(22-13)24-6-8-25(9-7-24)19(26)14-4-5-15-16(10-14)27-12-20-15/h4-5,10-12H,6-9H2,1-3H3. The minimum absolute atomic E-state index is 0.0813. The summed E-state index contributed by atoms with van der Waals surface area (Å²) in [5.74, 6) is 2.66. The van der Waals surface area contributed by atoms with Crippen molar-refractivity contribution >= 4 is 39.1 Å². The predicted molar refractivity (Wildman–Crippen MR) is 109 cm³/mol. The van der Waals surface area contributed by atoms with E-state index in [0.29, 0.717) is 13.1 Å². The second-order valence-electron chi connectivity index (χ2n) is 6.84. The van der Waals surface area contributed by atoms with E-state index >= 15 is 0 Å². The van der Waals surface area contributed by atoms with Crippen molar-refractivity contribution in [2.24, 2.45) is 0 Å². The zero-order chi connectivity index (χ0) is 19.0. The Morgan fingerprint density at radius 2 is 1.89 bits per heavy atom. The molecule has 1 aromatic carbocycles. The summed E-state index contributed by atoms with van der Waals surface area (Å²) in [6.07, 6.45) is 0. The average Bonchev–Trinajstić information content (AvgIpc) is 3.15. The number of benzene rings is 1. The van der Waals surface area contributed by atoms with Crippen molar-refractivity contribution in [2.45, 2.75) is 6.92 Å². The molecule has 0 aliphatic carbocycles. The lowest BCUT2D eigenvalue weighted by Crippen LogP contribution is -2.49. The number of anilines is 2. The van der Waals surface area contributed by atoms with Crippen LogP contribution in [-0.2, 0) is 0 Å². The van der Waals surface area contributed by atoms with Gasteiger partial charge in [0.05, 0.1) is 15.7 Å². The van der Waals surface area contributed by atoms with Crippen LogP contribution in [0.15, 0.2) is 29.8 Å². The first-order valence-corrected chi connectivity index (χ1v) is 9.80. The molecule has 1 fully saturated rings. The molecule has 0 saturated carbocycles. The molecule has 1 aliphatic heterocycles. The van der Waals surface area contributed by atoms with Gasteiger partial charge in [0.15, 0.2) is 0 Å². The molecule has 0 spiro atoms. The maximum atomic E-state index is 12.9. The molecule has 1 saturated heterocycles. The van der Waals surface area contributed by atoms with Gasteiger partial charge in [-0.25, -0.2) is 15.0 Å². The number of hydrogen-bond donors (Lipinski definition) is 0. The Balaban J connectivity index is 1.46. The number of hydrogen-bond acceptors (Lipinski definition) is 7. The first-order chi connectivity index (χ1) is 13.0. The Bertz CT molecular complexity index is 977. The highest BCUT2D eigenvalue weighted by Crippen LogP contribution is 2.22. The van der Waals surface area contributed by atoms with Gasteiger partial charge in [-0.2, -0.15) is 0 Å². The zero-order valence-electron chi connectivity index (χ0n) is 15.7. The van der Waals surface area contributed by atoms with E-state index in [0.717, 1.165) is 46.3 Å². The second kappa shape index (κ2) is 7.11. The fraction of sp³-hybridized carbons (Fsp3) is 0.368. The molecule has 27 heavy (non-hydrogen) atoms. The Kier molecular flexibility index (Phi) is 4.65. The highest BCUT2D eigenvalue weighted by molar-refractivity contribution is 7.16. The van der Waals surface area contributed by atoms with Gasteiger partial charge in [-0.3, -0.25) is 4.79 Å². The zero-order valence-corrected chi connectivity index (χ0v) is 16.5. The van der Waals surface area contributed by atoms with E-state index in [1.54, 1.807) is 11.3 Å². The number of thiazole rings is 1. The number of amides is 1. The Labute approximate surface area is 162 Å². The van der Waals surface area contributed by atoms with Crippen molar-refractivity contribution in [3.63, 3.8) is 0 Å². The maximum absolute atomic E-state index is 12.9. The highest BCUT2D eigenvalue weighted by atomic mass is 32.1. The third-order valence-electron chi connectivity index (χ3n) is 4.74. The van der Waals surface area contributed by atoms with Crippen molar-refractivity contribution in [1.82, 2.24) is 19.9 Å². The van der Waals surface area contributed by atoms with E-state index in [1.165, 1.54) is 0 Å². The van der Waals surface area contributed by atoms with Crippen LogP contribution >= 0.6 is 11.3 Å². The van der Waals surface area contributed by atoms with Gasteiger partial charge >= 0.3 is 0 Å². The van der Waals surface area contributed by atoms with Crippen LogP contribution in [0.1, 0.15) is 16.2 Å². The largest absolute Gasteiger partial charge is 0.363 e. The summed E-state index contributed by atoms with van der Waals surface area (Å²) in [7, 11) is 3.95. The summed E-state index contributed by atoms with van der Waals surface area (Å²) in [6, 6.07) is 7.73. The molecule has 8 heteroatoms. The maximum Gasteiger partial charge on any atom is 0.254 e. The molecule has 1 aliphatic rings. The van der Waals surface area contributed by atoms with E-state index in [2.05, 4.69) is 19.9 Å².